The van der Waals surface area contributed by atoms with Gasteiger partial charge in [-0.05, 0) is 17.7 Å². The van der Waals surface area contributed by atoms with Crippen LogP contribution in [0.4, 0.5) is 4.79 Å². The van der Waals surface area contributed by atoms with Crippen molar-refractivity contribution in [3.05, 3.63) is 29.3 Å². The molecule has 0 saturated heterocycles. The van der Waals surface area contributed by atoms with Crippen molar-refractivity contribution < 1.29 is 14.3 Å². The van der Waals surface area contributed by atoms with Crippen LogP contribution in [0.1, 0.15) is 25.0 Å². The van der Waals surface area contributed by atoms with E-state index in [1.807, 2.05) is 17.0 Å². The SMILES string of the molecule is COc1ccc2c3c1CN(C(=O)N(C)C)CC3=CC(C)(C)CO2. The predicted octanol–water partition coefficient (Wildman–Crippen LogP) is 2.99. The van der Waals surface area contributed by atoms with Crippen molar-refractivity contribution in [2.75, 3.05) is 34.4 Å². The van der Waals surface area contributed by atoms with Crippen LogP contribution in [-0.2, 0) is 6.54 Å². The Bertz CT molecular complexity index is 677. The van der Waals surface area contributed by atoms with Gasteiger partial charge in [-0.1, -0.05) is 19.9 Å². The molecule has 2 heterocycles. The number of hydrogen-bond acceptors (Lipinski definition) is 3. The predicted molar refractivity (Wildman–Crippen MR) is 89.7 cm³/mol. The molecule has 124 valence electrons. The molecule has 0 radical (unpaired) electrons. The van der Waals surface area contributed by atoms with Gasteiger partial charge in [-0.3, -0.25) is 0 Å². The largest absolute Gasteiger partial charge is 0.496 e. The molecule has 0 saturated carbocycles. The van der Waals surface area contributed by atoms with Gasteiger partial charge in [0.1, 0.15) is 11.5 Å². The second kappa shape index (κ2) is 5.48. The van der Waals surface area contributed by atoms with Gasteiger partial charge in [-0.2, -0.15) is 0 Å². The summed E-state index contributed by atoms with van der Waals surface area (Å²) in [5.74, 6) is 1.68. The molecular formula is C18H24N2O3. The summed E-state index contributed by atoms with van der Waals surface area (Å²) in [6, 6.07) is 3.90. The average Bonchev–Trinajstić information content (AvgIpc) is 2.63. The number of carbonyl (C=O) groups is 1. The van der Waals surface area contributed by atoms with Gasteiger partial charge in [-0.25, -0.2) is 4.79 Å². The van der Waals surface area contributed by atoms with Crippen LogP contribution in [0.5, 0.6) is 11.5 Å². The molecule has 2 amide bonds. The summed E-state index contributed by atoms with van der Waals surface area (Å²) in [7, 11) is 5.22. The van der Waals surface area contributed by atoms with E-state index in [2.05, 4.69) is 19.9 Å². The van der Waals surface area contributed by atoms with E-state index in [1.165, 1.54) is 0 Å². The van der Waals surface area contributed by atoms with Crippen LogP contribution in [0.3, 0.4) is 0 Å². The van der Waals surface area contributed by atoms with E-state index in [9.17, 15) is 4.79 Å². The zero-order chi connectivity index (χ0) is 16.8. The zero-order valence-electron chi connectivity index (χ0n) is 14.5. The number of methoxy groups -OCH3 is 1. The van der Waals surface area contributed by atoms with Crippen molar-refractivity contribution in [3.63, 3.8) is 0 Å². The summed E-state index contributed by atoms with van der Waals surface area (Å²) in [5.41, 5.74) is 3.18. The van der Waals surface area contributed by atoms with E-state index >= 15 is 0 Å². The highest BCUT2D eigenvalue weighted by atomic mass is 16.5. The van der Waals surface area contributed by atoms with Crippen LogP contribution in [0.2, 0.25) is 0 Å². The summed E-state index contributed by atoms with van der Waals surface area (Å²) in [4.78, 5) is 15.9. The van der Waals surface area contributed by atoms with Gasteiger partial charge in [0.2, 0.25) is 0 Å². The number of hydrogen-bond donors (Lipinski definition) is 0. The van der Waals surface area contributed by atoms with Crippen molar-refractivity contribution in [1.82, 2.24) is 9.80 Å². The van der Waals surface area contributed by atoms with Gasteiger partial charge in [-0.15, -0.1) is 0 Å². The Hall–Kier alpha value is -2.17. The normalized spacial score (nSPS) is 18.3. The second-order valence-corrected chi connectivity index (χ2v) is 7.10. The quantitative estimate of drug-likeness (QED) is 0.800. The molecule has 0 N–H and O–H groups in total. The number of nitrogens with zero attached hydrogens (tertiary/aromatic N) is 2. The topological polar surface area (TPSA) is 42.0 Å². The van der Waals surface area contributed by atoms with Gasteiger partial charge < -0.3 is 19.3 Å². The molecule has 0 spiro atoms. The first-order chi connectivity index (χ1) is 10.8. The van der Waals surface area contributed by atoms with Gasteiger partial charge in [0, 0.05) is 37.2 Å². The lowest BCUT2D eigenvalue weighted by molar-refractivity contribution is 0.172. The van der Waals surface area contributed by atoms with Gasteiger partial charge in [0.25, 0.3) is 0 Å². The Kier molecular flexibility index (Phi) is 3.74. The summed E-state index contributed by atoms with van der Waals surface area (Å²) >= 11 is 0. The highest BCUT2D eigenvalue weighted by Gasteiger charge is 2.33. The Morgan fingerprint density at radius 1 is 1.30 bits per heavy atom. The maximum absolute atomic E-state index is 12.5. The van der Waals surface area contributed by atoms with Gasteiger partial charge in [0.15, 0.2) is 0 Å². The summed E-state index contributed by atoms with van der Waals surface area (Å²) in [5, 5.41) is 0. The third-order valence-corrected chi connectivity index (χ3v) is 4.30. The molecule has 2 aliphatic rings. The summed E-state index contributed by atoms with van der Waals surface area (Å²) in [6.45, 7) is 6.04. The molecule has 0 bridgehead atoms. The van der Waals surface area contributed by atoms with E-state index in [1.54, 1.807) is 26.1 Å². The molecule has 5 nitrogen and oxygen atoms in total. The van der Waals surface area contributed by atoms with Crippen LogP contribution in [-0.4, -0.2) is 50.2 Å². The summed E-state index contributed by atoms with van der Waals surface area (Å²) in [6.07, 6.45) is 2.23. The zero-order valence-corrected chi connectivity index (χ0v) is 14.5. The fraction of sp³-hybridized carbons (Fsp3) is 0.500. The monoisotopic (exact) mass is 316 g/mol. The van der Waals surface area contributed by atoms with Crippen LogP contribution < -0.4 is 9.47 Å². The maximum Gasteiger partial charge on any atom is 0.320 e. The molecule has 0 aliphatic carbocycles. The van der Waals surface area contributed by atoms with Crippen LogP contribution in [0.25, 0.3) is 5.57 Å². The molecule has 0 fully saturated rings. The Labute approximate surface area is 137 Å². The lowest BCUT2D eigenvalue weighted by Gasteiger charge is -2.34. The smallest absolute Gasteiger partial charge is 0.320 e. The van der Waals surface area contributed by atoms with E-state index in [0.29, 0.717) is 19.7 Å². The fourth-order valence-electron chi connectivity index (χ4n) is 3.27. The number of urea groups is 1. The van der Waals surface area contributed by atoms with E-state index in [4.69, 9.17) is 9.47 Å². The van der Waals surface area contributed by atoms with Crippen LogP contribution in [0, 0.1) is 5.41 Å². The standard InChI is InChI=1S/C18H24N2O3/c1-18(2)8-12-9-20(17(21)19(3)4)10-13-14(22-5)6-7-15(16(12)13)23-11-18/h6-8H,9-11H2,1-5H3. The molecule has 0 atom stereocenters. The number of ether oxygens (including phenoxy) is 2. The molecule has 2 aliphatic heterocycles. The number of benzene rings is 1. The van der Waals surface area contributed by atoms with Gasteiger partial charge >= 0.3 is 6.03 Å². The minimum Gasteiger partial charge on any atom is -0.496 e. The first-order valence-electron chi connectivity index (χ1n) is 7.83. The lowest BCUT2D eigenvalue weighted by Crippen LogP contribution is -2.41. The number of carbonyl (C=O) groups excluding carboxylic acids is 1. The van der Waals surface area contributed by atoms with Crippen molar-refractivity contribution in [2.24, 2.45) is 5.41 Å². The minimum absolute atomic E-state index is 0.00646. The minimum atomic E-state index is -0.0803. The van der Waals surface area contributed by atoms with Crippen LogP contribution >= 0.6 is 0 Å². The van der Waals surface area contributed by atoms with Crippen molar-refractivity contribution in [2.45, 2.75) is 20.4 Å². The van der Waals surface area contributed by atoms with E-state index in [-0.39, 0.29) is 11.4 Å². The van der Waals surface area contributed by atoms with Crippen LogP contribution in [0.15, 0.2) is 18.2 Å². The van der Waals surface area contributed by atoms with E-state index in [0.717, 1.165) is 28.2 Å². The molecule has 1 aromatic carbocycles. The molecule has 23 heavy (non-hydrogen) atoms. The maximum atomic E-state index is 12.5. The molecule has 0 unspecified atom stereocenters. The highest BCUT2D eigenvalue weighted by molar-refractivity contribution is 5.84. The Balaban J connectivity index is 2.16. The molecule has 3 rings (SSSR count). The molecule has 0 aromatic heterocycles. The Morgan fingerprint density at radius 3 is 2.70 bits per heavy atom. The first-order valence-corrected chi connectivity index (χ1v) is 7.83. The lowest BCUT2D eigenvalue weighted by atomic mass is 9.87. The van der Waals surface area contributed by atoms with Crippen molar-refractivity contribution in [3.8, 4) is 11.5 Å². The fourth-order valence-corrected chi connectivity index (χ4v) is 3.27. The average molecular weight is 316 g/mol. The first kappa shape index (κ1) is 15.7. The molecule has 5 heteroatoms. The number of rotatable bonds is 1. The second-order valence-electron chi connectivity index (χ2n) is 7.10. The van der Waals surface area contributed by atoms with E-state index < -0.39 is 0 Å². The Morgan fingerprint density at radius 2 is 2.04 bits per heavy atom. The highest BCUT2D eigenvalue weighted by Crippen LogP contribution is 2.43. The van der Waals surface area contributed by atoms with Crippen molar-refractivity contribution >= 4 is 11.6 Å². The van der Waals surface area contributed by atoms with Crippen molar-refractivity contribution in [1.29, 1.82) is 0 Å². The third-order valence-electron chi connectivity index (χ3n) is 4.30. The molecular weight excluding hydrogens is 292 g/mol. The van der Waals surface area contributed by atoms with Gasteiger partial charge in [0.05, 0.1) is 20.3 Å². The summed E-state index contributed by atoms with van der Waals surface area (Å²) < 4.78 is 11.6. The molecule has 1 aromatic rings. The third kappa shape index (κ3) is 2.76. The number of amides is 2.